The lowest BCUT2D eigenvalue weighted by Crippen LogP contribution is -2.31. The predicted molar refractivity (Wildman–Crippen MR) is 115 cm³/mol. The van der Waals surface area contributed by atoms with Crippen LogP contribution in [0.25, 0.3) is 0 Å². The van der Waals surface area contributed by atoms with E-state index in [1.54, 1.807) is 6.08 Å². The van der Waals surface area contributed by atoms with Crippen molar-refractivity contribution in [3.05, 3.63) is 59.7 Å². The molecule has 148 valence electrons. The molecule has 2 aliphatic carbocycles. The number of aldehydes is 1. The van der Waals surface area contributed by atoms with Gasteiger partial charge in [0.15, 0.2) is 0 Å². The van der Waals surface area contributed by atoms with Crippen molar-refractivity contribution in [2.24, 2.45) is 17.3 Å². The quantitative estimate of drug-likeness (QED) is 0.322. The summed E-state index contributed by atoms with van der Waals surface area (Å²) in [5.41, 5.74) is 2.64. The van der Waals surface area contributed by atoms with Crippen LogP contribution in [0.15, 0.2) is 48.6 Å². The first-order chi connectivity index (χ1) is 13.7. The second kappa shape index (κ2) is 9.87. The SMILES string of the molecule is CCc1ccc([C@H]2CC[C@H]([C@H]3CC[C@](C=O)(C=CC=CC#N)CC3)CC2)cc1. The maximum absolute atomic E-state index is 11.7. The van der Waals surface area contributed by atoms with E-state index in [1.807, 2.05) is 18.2 Å². The van der Waals surface area contributed by atoms with Crippen LogP contribution in [0.1, 0.15) is 75.3 Å². The number of hydrogen-bond acceptors (Lipinski definition) is 2. The molecule has 0 N–H and O–H groups in total. The summed E-state index contributed by atoms with van der Waals surface area (Å²) >= 11 is 0. The van der Waals surface area contributed by atoms with Gasteiger partial charge < -0.3 is 4.79 Å². The van der Waals surface area contributed by atoms with Crippen molar-refractivity contribution in [2.75, 3.05) is 0 Å². The molecular formula is C26H33NO. The molecule has 0 amide bonds. The highest BCUT2D eigenvalue weighted by atomic mass is 16.1. The Bertz CT molecular complexity index is 721. The Morgan fingerprint density at radius 3 is 2.21 bits per heavy atom. The van der Waals surface area contributed by atoms with Gasteiger partial charge in [-0.3, -0.25) is 0 Å². The van der Waals surface area contributed by atoms with Crippen molar-refractivity contribution < 1.29 is 4.79 Å². The molecule has 2 heteroatoms. The molecule has 0 aliphatic heterocycles. The maximum Gasteiger partial charge on any atom is 0.129 e. The van der Waals surface area contributed by atoms with Crippen molar-refractivity contribution >= 4 is 6.29 Å². The lowest BCUT2D eigenvalue weighted by molar-refractivity contribution is -0.116. The Balaban J connectivity index is 1.50. The zero-order valence-electron chi connectivity index (χ0n) is 17.1. The van der Waals surface area contributed by atoms with E-state index in [4.69, 9.17) is 5.26 Å². The van der Waals surface area contributed by atoms with Gasteiger partial charge in [-0.15, -0.1) is 0 Å². The molecule has 0 radical (unpaired) electrons. The number of nitriles is 1. The summed E-state index contributed by atoms with van der Waals surface area (Å²) in [6.45, 7) is 2.21. The fourth-order valence-electron chi connectivity index (χ4n) is 5.27. The first-order valence-electron chi connectivity index (χ1n) is 11.0. The molecule has 0 aromatic heterocycles. The lowest BCUT2D eigenvalue weighted by Gasteiger charge is -2.40. The zero-order valence-corrected chi connectivity index (χ0v) is 17.1. The van der Waals surface area contributed by atoms with Crippen LogP contribution in [0.4, 0.5) is 0 Å². The number of carbonyl (C=O) groups excluding carboxylic acids is 1. The molecular weight excluding hydrogens is 342 g/mol. The first kappa shape index (κ1) is 20.6. The van der Waals surface area contributed by atoms with Crippen LogP contribution in [-0.4, -0.2) is 6.29 Å². The van der Waals surface area contributed by atoms with Crippen LogP contribution in [0.2, 0.25) is 0 Å². The molecule has 2 saturated carbocycles. The van der Waals surface area contributed by atoms with E-state index in [-0.39, 0.29) is 5.41 Å². The zero-order chi connectivity index (χ0) is 19.8. The van der Waals surface area contributed by atoms with E-state index >= 15 is 0 Å². The molecule has 0 atom stereocenters. The predicted octanol–water partition coefficient (Wildman–Crippen LogP) is 6.53. The number of nitrogens with zero attached hydrogens (tertiary/aromatic N) is 1. The van der Waals surface area contributed by atoms with Gasteiger partial charge in [0.1, 0.15) is 6.29 Å². The van der Waals surface area contributed by atoms with Gasteiger partial charge >= 0.3 is 0 Å². The Morgan fingerprint density at radius 1 is 1.00 bits per heavy atom. The van der Waals surface area contributed by atoms with Crippen molar-refractivity contribution in [3.8, 4) is 6.07 Å². The highest BCUT2D eigenvalue weighted by Crippen LogP contribution is 2.47. The van der Waals surface area contributed by atoms with Crippen molar-refractivity contribution in [1.29, 1.82) is 5.26 Å². The third-order valence-corrected chi connectivity index (χ3v) is 7.20. The highest BCUT2D eigenvalue weighted by molar-refractivity contribution is 5.63. The monoisotopic (exact) mass is 375 g/mol. The molecule has 1 aromatic rings. The number of hydrogen-bond donors (Lipinski definition) is 0. The lowest BCUT2D eigenvalue weighted by atomic mass is 9.64. The van der Waals surface area contributed by atoms with Crippen LogP contribution in [0.3, 0.4) is 0 Å². The first-order valence-corrected chi connectivity index (χ1v) is 11.0. The van der Waals surface area contributed by atoms with Crippen molar-refractivity contribution in [1.82, 2.24) is 0 Å². The Kier molecular flexibility index (Phi) is 7.26. The summed E-state index contributed by atoms with van der Waals surface area (Å²) in [7, 11) is 0. The fraction of sp³-hybridized carbons (Fsp3) is 0.538. The summed E-state index contributed by atoms with van der Waals surface area (Å²) in [5.74, 6) is 2.34. The summed E-state index contributed by atoms with van der Waals surface area (Å²) in [6.07, 6.45) is 18.8. The Labute approximate surface area is 170 Å². The van der Waals surface area contributed by atoms with Crippen LogP contribution in [0, 0.1) is 28.6 Å². The number of benzene rings is 1. The minimum Gasteiger partial charge on any atom is -0.302 e. The minimum atomic E-state index is -0.311. The molecule has 0 heterocycles. The number of allylic oxidation sites excluding steroid dienone is 4. The number of rotatable bonds is 6. The van der Waals surface area contributed by atoms with E-state index in [1.165, 1.54) is 42.9 Å². The topological polar surface area (TPSA) is 40.9 Å². The van der Waals surface area contributed by atoms with Crippen LogP contribution < -0.4 is 0 Å². The third-order valence-electron chi connectivity index (χ3n) is 7.20. The largest absolute Gasteiger partial charge is 0.302 e. The molecule has 28 heavy (non-hydrogen) atoms. The standard InChI is InChI=1S/C26H33NO/c1-2-21-6-8-22(9-7-21)23-10-12-24(13-11-23)25-14-17-26(20-28,18-15-25)16-4-3-5-19-27/h3-9,16,20,23-25H,2,10-15,17-18H2,1H3/t23-,24-,25-,26+. The second-order valence-corrected chi connectivity index (χ2v) is 8.74. The van der Waals surface area contributed by atoms with E-state index in [9.17, 15) is 4.79 Å². The molecule has 0 spiro atoms. The van der Waals surface area contributed by atoms with Crippen molar-refractivity contribution in [3.63, 3.8) is 0 Å². The van der Waals surface area contributed by atoms with E-state index < -0.39 is 0 Å². The summed E-state index contributed by atoms with van der Waals surface area (Å²) < 4.78 is 0. The van der Waals surface area contributed by atoms with Crippen LogP contribution >= 0.6 is 0 Å². The average molecular weight is 376 g/mol. The molecule has 2 aliphatic rings. The van der Waals surface area contributed by atoms with Crippen molar-refractivity contribution in [2.45, 2.75) is 70.6 Å². The Hall–Kier alpha value is -2.14. The van der Waals surface area contributed by atoms with E-state index in [0.29, 0.717) is 0 Å². The number of aryl methyl sites for hydroxylation is 1. The molecule has 0 saturated heterocycles. The summed E-state index contributed by atoms with van der Waals surface area (Å²) in [5, 5.41) is 8.58. The fourth-order valence-corrected chi connectivity index (χ4v) is 5.27. The van der Waals surface area contributed by atoms with Gasteiger partial charge in [0.25, 0.3) is 0 Å². The van der Waals surface area contributed by atoms with E-state index in [2.05, 4.69) is 31.2 Å². The van der Waals surface area contributed by atoms with Crippen LogP contribution in [-0.2, 0) is 11.2 Å². The summed E-state index contributed by atoms with van der Waals surface area (Å²) in [6, 6.07) is 11.3. The normalized spacial score (nSPS) is 31.1. The van der Waals surface area contributed by atoms with Gasteiger partial charge in [-0.25, -0.2) is 0 Å². The molecule has 1 aromatic carbocycles. The molecule has 2 nitrogen and oxygen atoms in total. The van der Waals surface area contributed by atoms with E-state index in [0.717, 1.165) is 56.1 Å². The molecule has 2 fully saturated rings. The van der Waals surface area contributed by atoms with Crippen LogP contribution in [0.5, 0.6) is 0 Å². The maximum atomic E-state index is 11.7. The third kappa shape index (κ3) is 5.02. The van der Waals surface area contributed by atoms with Gasteiger partial charge in [0, 0.05) is 11.5 Å². The molecule has 0 unspecified atom stereocenters. The minimum absolute atomic E-state index is 0.311. The second-order valence-electron chi connectivity index (χ2n) is 8.74. The Morgan fingerprint density at radius 2 is 1.64 bits per heavy atom. The van der Waals surface area contributed by atoms with Gasteiger partial charge in [-0.05, 0) is 86.7 Å². The summed E-state index contributed by atoms with van der Waals surface area (Å²) in [4.78, 5) is 11.7. The highest BCUT2D eigenvalue weighted by Gasteiger charge is 2.37. The molecule has 0 bridgehead atoms. The van der Waals surface area contributed by atoms with Gasteiger partial charge in [-0.1, -0.05) is 49.4 Å². The average Bonchev–Trinajstić information content (AvgIpc) is 2.77. The van der Waals surface area contributed by atoms with Gasteiger partial charge in [0.05, 0.1) is 6.07 Å². The number of carbonyl (C=O) groups is 1. The molecule has 3 rings (SSSR count). The van der Waals surface area contributed by atoms with Gasteiger partial charge in [0.2, 0.25) is 0 Å². The smallest absolute Gasteiger partial charge is 0.129 e. The van der Waals surface area contributed by atoms with Gasteiger partial charge in [-0.2, -0.15) is 5.26 Å².